The van der Waals surface area contributed by atoms with Crippen LogP contribution >= 0.6 is 0 Å². The molecule has 0 aromatic heterocycles. The third-order valence-electron chi connectivity index (χ3n) is 4.87. The van der Waals surface area contributed by atoms with Crippen LogP contribution < -0.4 is 10.4 Å². The number of hydrogen-bond acceptors (Lipinski definition) is 1. The third-order valence-corrected chi connectivity index (χ3v) is 9.29. The van der Waals surface area contributed by atoms with Gasteiger partial charge >= 0.3 is 0 Å². The van der Waals surface area contributed by atoms with Crippen molar-refractivity contribution in [3.05, 3.63) is 84.0 Å². The maximum Gasteiger partial charge on any atom is 0.150 e. The first-order chi connectivity index (χ1) is 11.9. The largest absolute Gasteiger partial charge is 0.392 e. The van der Waals surface area contributed by atoms with Crippen LogP contribution in [0.25, 0.3) is 0 Å². The summed E-state index contributed by atoms with van der Waals surface area (Å²) < 4.78 is 0. The van der Waals surface area contributed by atoms with Gasteiger partial charge in [-0.2, -0.15) is 0 Å². The molecular formula is C23H30OSi. The van der Waals surface area contributed by atoms with Crippen molar-refractivity contribution in [2.45, 2.75) is 45.9 Å². The lowest BCUT2D eigenvalue weighted by atomic mass is 10.1. The molecule has 0 aliphatic heterocycles. The average molecular weight is 351 g/mol. The molecule has 0 saturated carbocycles. The Morgan fingerprint density at radius 3 is 1.84 bits per heavy atom. The summed E-state index contributed by atoms with van der Waals surface area (Å²) in [5.41, 5.74) is 2.17. The van der Waals surface area contributed by atoms with Gasteiger partial charge in [-0.05, 0) is 33.6 Å². The van der Waals surface area contributed by atoms with Gasteiger partial charge < -0.3 is 5.11 Å². The first-order valence-electron chi connectivity index (χ1n) is 9.04. The normalized spacial score (nSPS) is 13.4. The van der Waals surface area contributed by atoms with Crippen LogP contribution in [0.2, 0.25) is 6.55 Å². The molecule has 2 aromatic rings. The molecule has 0 aliphatic rings. The molecule has 0 aliphatic carbocycles. The molecule has 2 aromatic carbocycles. The van der Waals surface area contributed by atoms with Gasteiger partial charge in [-0.25, -0.2) is 0 Å². The van der Waals surface area contributed by atoms with Crippen LogP contribution in [0.15, 0.2) is 84.0 Å². The number of aliphatic hydroxyl groups excluding tert-OH is 1. The number of aliphatic hydroxyl groups is 1. The van der Waals surface area contributed by atoms with Crippen molar-refractivity contribution in [2.24, 2.45) is 0 Å². The number of allylic oxidation sites excluding steroid dienone is 3. The molecule has 1 nitrogen and oxygen atoms in total. The third kappa shape index (κ3) is 5.04. The fourth-order valence-electron chi connectivity index (χ4n) is 3.18. The molecular weight excluding hydrogens is 320 g/mol. The smallest absolute Gasteiger partial charge is 0.150 e. The predicted octanol–water partition coefficient (Wildman–Crippen LogP) is 4.47. The molecule has 0 bridgehead atoms. The zero-order chi connectivity index (χ0) is 18.3. The maximum atomic E-state index is 11.2. The van der Waals surface area contributed by atoms with Crippen molar-refractivity contribution in [1.29, 1.82) is 0 Å². The SMILES string of the molecule is CC(C)=CCC/C(C)=C\[C@H](O)[Si](C)(c1ccccc1)c1ccccc1. The lowest BCUT2D eigenvalue weighted by Gasteiger charge is -2.32. The maximum absolute atomic E-state index is 11.2. The molecule has 0 radical (unpaired) electrons. The minimum Gasteiger partial charge on any atom is -0.392 e. The van der Waals surface area contributed by atoms with Crippen molar-refractivity contribution < 1.29 is 5.11 Å². The molecule has 2 heteroatoms. The summed E-state index contributed by atoms with van der Waals surface area (Å²) in [6, 6.07) is 21.0. The standard InChI is InChI=1S/C23H30OSi/c1-19(2)12-11-13-20(3)18-23(24)25(4,21-14-7-5-8-15-21)22-16-9-6-10-17-22/h5-10,12,14-18,23-24H,11,13H2,1-4H3/b20-18-/t23-/m1/s1. The van der Waals surface area contributed by atoms with E-state index >= 15 is 0 Å². The fourth-order valence-corrected chi connectivity index (χ4v) is 6.59. The van der Waals surface area contributed by atoms with Crippen LogP contribution in [-0.2, 0) is 0 Å². The van der Waals surface area contributed by atoms with Crippen LogP contribution in [-0.4, -0.2) is 18.9 Å². The van der Waals surface area contributed by atoms with Gasteiger partial charge in [0.15, 0.2) is 0 Å². The zero-order valence-corrected chi connectivity index (χ0v) is 16.9. The Hall–Kier alpha value is -1.90. The molecule has 1 N–H and O–H groups in total. The topological polar surface area (TPSA) is 20.2 Å². The highest BCUT2D eigenvalue weighted by Gasteiger charge is 2.38. The van der Waals surface area contributed by atoms with Gasteiger partial charge in [0.2, 0.25) is 0 Å². The first kappa shape index (κ1) is 19.4. The number of rotatable bonds is 7. The van der Waals surface area contributed by atoms with Crippen LogP contribution in [0, 0.1) is 0 Å². The average Bonchev–Trinajstić information content (AvgIpc) is 2.62. The second-order valence-corrected chi connectivity index (χ2v) is 11.4. The van der Waals surface area contributed by atoms with E-state index in [-0.39, 0.29) is 0 Å². The highest BCUT2D eigenvalue weighted by atomic mass is 28.3. The zero-order valence-electron chi connectivity index (χ0n) is 15.9. The van der Waals surface area contributed by atoms with Crippen LogP contribution in [0.3, 0.4) is 0 Å². The van der Waals surface area contributed by atoms with Crippen molar-refractivity contribution in [3.8, 4) is 0 Å². The van der Waals surface area contributed by atoms with E-state index in [2.05, 4.69) is 88.0 Å². The fraction of sp³-hybridized carbons (Fsp3) is 0.304. The highest BCUT2D eigenvalue weighted by molar-refractivity contribution is 7.02. The van der Waals surface area contributed by atoms with Gasteiger partial charge in [-0.15, -0.1) is 0 Å². The van der Waals surface area contributed by atoms with Crippen LogP contribution in [0.1, 0.15) is 33.6 Å². The minimum absolute atomic E-state index is 0.441. The van der Waals surface area contributed by atoms with Crippen LogP contribution in [0.4, 0.5) is 0 Å². The Bertz CT molecular complexity index is 673. The Balaban J connectivity index is 2.34. The van der Waals surface area contributed by atoms with Crippen molar-refractivity contribution >= 4 is 18.4 Å². The lowest BCUT2D eigenvalue weighted by molar-refractivity contribution is 0.292. The molecule has 132 valence electrons. The van der Waals surface area contributed by atoms with E-state index in [9.17, 15) is 5.11 Å². The van der Waals surface area contributed by atoms with Crippen LogP contribution in [0.5, 0.6) is 0 Å². The van der Waals surface area contributed by atoms with E-state index in [1.807, 2.05) is 12.1 Å². The number of hydrogen-bond donors (Lipinski definition) is 1. The molecule has 1 atom stereocenters. The van der Waals surface area contributed by atoms with Crippen molar-refractivity contribution in [1.82, 2.24) is 0 Å². The highest BCUT2D eigenvalue weighted by Crippen LogP contribution is 2.16. The molecule has 0 spiro atoms. The first-order valence-corrected chi connectivity index (χ1v) is 11.6. The summed E-state index contributed by atoms with van der Waals surface area (Å²) >= 11 is 0. The second-order valence-electron chi connectivity index (χ2n) is 7.21. The monoisotopic (exact) mass is 350 g/mol. The summed E-state index contributed by atoms with van der Waals surface area (Å²) in [4.78, 5) is 0. The van der Waals surface area contributed by atoms with Gasteiger partial charge in [-0.3, -0.25) is 0 Å². The predicted molar refractivity (Wildman–Crippen MR) is 112 cm³/mol. The van der Waals surface area contributed by atoms with E-state index in [1.165, 1.54) is 21.5 Å². The lowest BCUT2D eigenvalue weighted by Crippen LogP contribution is -2.63. The van der Waals surface area contributed by atoms with Gasteiger partial charge in [0.05, 0.1) is 5.73 Å². The second kappa shape index (κ2) is 8.98. The Morgan fingerprint density at radius 2 is 1.40 bits per heavy atom. The molecule has 0 unspecified atom stereocenters. The Labute approximate surface area is 153 Å². The molecule has 2 rings (SSSR count). The van der Waals surface area contributed by atoms with Gasteiger partial charge in [0.1, 0.15) is 8.07 Å². The molecule has 0 heterocycles. The van der Waals surface area contributed by atoms with E-state index in [4.69, 9.17) is 0 Å². The van der Waals surface area contributed by atoms with Gasteiger partial charge in [0.25, 0.3) is 0 Å². The van der Waals surface area contributed by atoms with E-state index in [0.717, 1.165) is 12.8 Å². The summed E-state index contributed by atoms with van der Waals surface area (Å²) in [6.45, 7) is 8.65. The summed E-state index contributed by atoms with van der Waals surface area (Å²) in [5.74, 6) is 0. The van der Waals surface area contributed by atoms with Gasteiger partial charge in [0, 0.05) is 0 Å². The molecule has 0 fully saturated rings. The Morgan fingerprint density at radius 1 is 0.920 bits per heavy atom. The summed E-state index contributed by atoms with van der Waals surface area (Å²) in [6.07, 6.45) is 6.38. The van der Waals surface area contributed by atoms with E-state index in [1.54, 1.807) is 0 Å². The summed E-state index contributed by atoms with van der Waals surface area (Å²) in [7, 11) is -2.27. The molecule has 0 saturated heterocycles. The molecule has 25 heavy (non-hydrogen) atoms. The Kier molecular flexibility index (Phi) is 6.98. The number of benzene rings is 2. The quantitative estimate of drug-likeness (QED) is 0.577. The minimum atomic E-state index is -2.27. The molecule has 0 amide bonds. The van der Waals surface area contributed by atoms with Crippen molar-refractivity contribution in [3.63, 3.8) is 0 Å². The van der Waals surface area contributed by atoms with Crippen molar-refractivity contribution in [2.75, 3.05) is 0 Å². The summed E-state index contributed by atoms with van der Waals surface area (Å²) in [5, 5.41) is 13.8. The van der Waals surface area contributed by atoms with Gasteiger partial charge in [-0.1, -0.05) is 101 Å². The van der Waals surface area contributed by atoms with E-state index in [0.29, 0.717) is 0 Å². The van der Waals surface area contributed by atoms with E-state index < -0.39 is 13.8 Å².